The normalized spacial score (nSPS) is 11.8. The van der Waals surface area contributed by atoms with Crippen molar-refractivity contribution in [1.29, 1.82) is 0 Å². The first kappa shape index (κ1) is 24.8. The SMILES string of the molecule is CCC(=O)Nc1ccc(C)cc1-c1nc2ccccc2n([C@H](CC)C(=O)Nc2ccc(F)cc2)c1=O. The Hall–Kier alpha value is -4.33. The summed E-state index contributed by atoms with van der Waals surface area (Å²) in [4.78, 5) is 44.1. The Balaban J connectivity index is 1.89. The zero-order valence-corrected chi connectivity index (χ0v) is 20.3. The second kappa shape index (κ2) is 10.5. The highest BCUT2D eigenvalue weighted by Crippen LogP contribution is 2.29. The van der Waals surface area contributed by atoms with Crippen molar-refractivity contribution >= 4 is 34.2 Å². The molecule has 1 atom stereocenters. The number of carbonyl (C=O) groups is 2. The van der Waals surface area contributed by atoms with Crippen molar-refractivity contribution in [3.63, 3.8) is 0 Å². The van der Waals surface area contributed by atoms with Gasteiger partial charge < -0.3 is 10.6 Å². The van der Waals surface area contributed by atoms with Crippen LogP contribution in [0.2, 0.25) is 0 Å². The Kier molecular flexibility index (Phi) is 7.24. The summed E-state index contributed by atoms with van der Waals surface area (Å²) in [6.07, 6.45) is 0.609. The largest absolute Gasteiger partial charge is 0.325 e. The molecule has 0 saturated carbocycles. The van der Waals surface area contributed by atoms with Crippen molar-refractivity contribution in [3.05, 3.63) is 88.5 Å². The summed E-state index contributed by atoms with van der Waals surface area (Å²) < 4.78 is 14.8. The standard InChI is InChI=1S/C28H27FN4O3/c1-4-23(27(35)30-19-13-11-18(29)12-14-19)33-24-9-7-6-8-22(24)32-26(28(33)36)20-16-17(3)10-15-21(20)31-25(34)5-2/h6-16,23H,4-5H2,1-3H3,(H,30,35)(H,31,34)/t23-/m1/s1. The molecule has 3 aromatic carbocycles. The van der Waals surface area contributed by atoms with Crippen LogP contribution in [0.25, 0.3) is 22.3 Å². The highest BCUT2D eigenvalue weighted by Gasteiger charge is 2.25. The van der Waals surface area contributed by atoms with E-state index in [-0.39, 0.29) is 18.0 Å². The molecular weight excluding hydrogens is 459 g/mol. The molecule has 4 rings (SSSR count). The van der Waals surface area contributed by atoms with Crippen LogP contribution in [0.1, 0.15) is 38.3 Å². The van der Waals surface area contributed by atoms with Gasteiger partial charge in [0.05, 0.1) is 16.7 Å². The van der Waals surface area contributed by atoms with Gasteiger partial charge in [0, 0.05) is 17.7 Å². The fourth-order valence-corrected chi connectivity index (χ4v) is 4.08. The van der Waals surface area contributed by atoms with E-state index in [1.165, 1.54) is 28.8 Å². The number of aromatic nitrogens is 2. The van der Waals surface area contributed by atoms with Crippen LogP contribution in [0.4, 0.5) is 15.8 Å². The highest BCUT2D eigenvalue weighted by molar-refractivity contribution is 5.96. The van der Waals surface area contributed by atoms with Gasteiger partial charge in [-0.25, -0.2) is 9.37 Å². The van der Waals surface area contributed by atoms with E-state index in [4.69, 9.17) is 0 Å². The molecular formula is C28H27FN4O3. The molecule has 2 amide bonds. The van der Waals surface area contributed by atoms with E-state index in [1.807, 2.05) is 26.0 Å². The zero-order chi connectivity index (χ0) is 25.8. The van der Waals surface area contributed by atoms with Gasteiger partial charge in [0.1, 0.15) is 17.6 Å². The minimum absolute atomic E-state index is 0.136. The fourth-order valence-electron chi connectivity index (χ4n) is 4.08. The van der Waals surface area contributed by atoms with Crippen molar-refractivity contribution in [2.75, 3.05) is 10.6 Å². The number of amides is 2. The Bertz CT molecular complexity index is 1500. The maximum Gasteiger partial charge on any atom is 0.278 e. The summed E-state index contributed by atoms with van der Waals surface area (Å²) in [5.41, 5.74) is 3.01. The van der Waals surface area contributed by atoms with E-state index < -0.39 is 23.3 Å². The number of rotatable bonds is 7. The number of nitrogens with one attached hydrogen (secondary N) is 2. The van der Waals surface area contributed by atoms with Crippen molar-refractivity contribution in [3.8, 4) is 11.3 Å². The second-order valence-corrected chi connectivity index (χ2v) is 8.50. The van der Waals surface area contributed by atoms with E-state index in [0.29, 0.717) is 34.4 Å². The molecule has 0 aliphatic rings. The lowest BCUT2D eigenvalue weighted by atomic mass is 10.0. The monoisotopic (exact) mass is 486 g/mol. The van der Waals surface area contributed by atoms with Crippen molar-refractivity contribution in [1.82, 2.24) is 9.55 Å². The third kappa shape index (κ3) is 5.02. The Morgan fingerprint density at radius 2 is 1.72 bits per heavy atom. The molecule has 0 saturated heterocycles. The lowest BCUT2D eigenvalue weighted by Crippen LogP contribution is -2.34. The van der Waals surface area contributed by atoms with Crippen LogP contribution in [0, 0.1) is 12.7 Å². The molecule has 0 spiro atoms. The summed E-state index contributed by atoms with van der Waals surface area (Å²) in [6, 6.07) is 17.1. The smallest absolute Gasteiger partial charge is 0.278 e. The lowest BCUT2D eigenvalue weighted by molar-refractivity contribution is -0.119. The van der Waals surface area contributed by atoms with Crippen LogP contribution in [-0.4, -0.2) is 21.4 Å². The number of benzene rings is 3. The zero-order valence-electron chi connectivity index (χ0n) is 20.3. The molecule has 2 N–H and O–H groups in total. The number of halogens is 1. The average molecular weight is 487 g/mol. The lowest BCUT2D eigenvalue weighted by Gasteiger charge is -2.21. The molecule has 1 aromatic heterocycles. The first-order chi connectivity index (χ1) is 17.3. The number of aryl methyl sites for hydroxylation is 1. The molecule has 184 valence electrons. The van der Waals surface area contributed by atoms with Gasteiger partial charge in [0.25, 0.3) is 5.56 Å². The minimum Gasteiger partial charge on any atom is -0.325 e. The first-order valence-corrected chi connectivity index (χ1v) is 11.8. The van der Waals surface area contributed by atoms with Crippen molar-refractivity contribution in [2.24, 2.45) is 0 Å². The summed E-state index contributed by atoms with van der Waals surface area (Å²) >= 11 is 0. The highest BCUT2D eigenvalue weighted by atomic mass is 19.1. The molecule has 36 heavy (non-hydrogen) atoms. The predicted octanol–water partition coefficient (Wildman–Crippen LogP) is 5.45. The quantitative estimate of drug-likeness (QED) is 0.363. The number of fused-ring (bicyclic) bond motifs is 1. The Morgan fingerprint density at radius 1 is 1.00 bits per heavy atom. The van der Waals surface area contributed by atoms with Crippen LogP contribution in [0.5, 0.6) is 0 Å². The number of nitrogens with zero attached hydrogens (tertiary/aromatic N) is 2. The van der Waals surface area contributed by atoms with Gasteiger partial charge in [-0.3, -0.25) is 19.0 Å². The first-order valence-electron chi connectivity index (χ1n) is 11.8. The summed E-state index contributed by atoms with van der Waals surface area (Å²) in [7, 11) is 0. The number of para-hydroxylation sites is 2. The molecule has 0 fully saturated rings. The molecule has 0 aliphatic heterocycles. The van der Waals surface area contributed by atoms with E-state index in [2.05, 4.69) is 15.6 Å². The van der Waals surface area contributed by atoms with Crippen LogP contribution in [-0.2, 0) is 9.59 Å². The van der Waals surface area contributed by atoms with Gasteiger partial charge in [-0.1, -0.05) is 37.6 Å². The Morgan fingerprint density at radius 3 is 2.42 bits per heavy atom. The van der Waals surface area contributed by atoms with Gasteiger partial charge in [0.15, 0.2) is 0 Å². The van der Waals surface area contributed by atoms with Gasteiger partial charge in [0.2, 0.25) is 11.8 Å². The number of anilines is 2. The minimum atomic E-state index is -0.854. The van der Waals surface area contributed by atoms with Gasteiger partial charge in [-0.2, -0.15) is 0 Å². The molecule has 0 aliphatic carbocycles. The van der Waals surface area contributed by atoms with E-state index in [9.17, 15) is 18.8 Å². The molecule has 0 unspecified atom stereocenters. The van der Waals surface area contributed by atoms with E-state index in [1.54, 1.807) is 37.3 Å². The van der Waals surface area contributed by atoms with Crippen LogP contribution in [0.3, 0.4) is 0 Å². The third-order valence-electron chi connectivity index (χ3n) is 5.93. The fraction of sp³-hybridized carbons (Fsp3) is 0.214. The van der Waals surface area contributed by atoms with Crippen LogP contribution < -0.4 is 16.2 Å². The Labute approximate surface area is 208 Å². The van der Waals surface area contributed by atoms with Crippen LogP contribution >= 0.6 is 0 Å². The number of carbonyl (C=O) groups excluding carboxylic acids is 2. The number of hydrogen-bond donors (Lipinski definition) is 2. The average Bonchev–Trinajstić information content (AvgIpc) is 2.88. The van der Waals surface area contributed by atoms with E-state index >= 15 is 0 Å². The summed E-state index contributed by atoms with van der Waals surface area (Å²) in [5, 5.41) is 5.63. The molecule has 4 aromatic rings. The third-order valence-corrected chi connectivity index (χ3v) is 5.93. The summed E-state index contributed by atoms with van der Waals surface area (Å²) in [6.45, 7) is 5.45. The van der Waals surface area contributed by atoms with Crippen LogP contribution in [0.15, 0.2) is 71.5 Å². The predicted molar refractivity (Wildman–Crippen MR) is 139 cm³/mol. The molecule has 8 heteroatoms. The molecule has 0 radical (unpaired) electrons. The maximum absolute atomic E-state index is 14.0. The molecule has 7 nitrogen and oxygen atoms in total. The van der Waals surface area contributed by atoms with Gasteiger partial charge in [-0.05, 0) is 61.9 Å². The van der Waals surface area contributed by atoms with Gasteiger partial charge >= 0.3 is 0 Å². The number of hydrogen-bond acceptors (Lipinski definition) is 4. The molecule has 1 heterocycles. The summed E-state index contributed by atoms with van der Waals surface area (Å²) in [5.74, 6) is -1.01. The van der Waals surface area contributed by atoms with Crippen molar-refractivity contribution < 1.29 is 14.0 Å². The van der Waals surface area contributed by atoms with E-state index in [0.717, 1.165) is 5.56 Å². The van der Waals surface area contributed by atoms with Crippen molar-refractivity contribution in [2.45, 2.75) is 39.7 Å². The second-order valence-electron chi connectivity index (χ2n) is 8.50. The molecule has 0 bridgehead atoms. The van der Waals surface area contributed by atoms with Gasteiger partial charge in [-0.15, -0.1) is 0 Å². The maximum atomic E-state index is 14.0. The topological polar surface area (TPSA) is 93.1 Å².